The maximum absolute atomic E-state index is 3.96. The molecule has 2 heteroatoms. The molecular weight excluding hydrogens is 196 g/mol. The Hall–Kier alpha value is -0.0800. The van der Waals surface area contributed by atoms with Gasteiger partial charge in [-0.15, -0.1) is 0 Å². The number of rotatable bonds is 3. The highest BCUT2D eigenvalue weighted by atomic mass is 15.2. The third kappa shape index (κ3) is 2.14. The maximum atomic E-state index is 3.96. The van der Waals surface area contributed by atoms with Gasteiger partial charge in [0.25, 0.3) is 0 Å². The van der Waals surface area contributed by atoms with Gasteiger partial charge < -0.3 is 10.2 Å². The van der Waals surface area contributed by atoms with Crippen molar-refractivity contribution in [2.45, 2.75) is 57.5 Å². The van der Waals surface area contributed by atoms with E-state index in [0.29, 0.717) is 0 Å². The Bertz CT molecular complexity index is 235. The van der Waals surface area contributed by atoms with E-state index >= 15 is 0 Å². The van der Waals surface area contributed by atoms with Crippen molar-refractivity contribution >= 4 is 0 Å². The van der Waals surface area contributed by atoms with Gasteiger partial charge in [-0.2, -0.15) is 0 Å². The highest BCUT2D eigenvalue weighted by molar-refractivity contribution is 4.92. The molecule has 4 unspecified atom stereocenters. The quantitative estimate of drug-likeness (QED) is 0.788. The fraction of sp³-hybridized carbons (Fsp3) is 1.00. The summed E-state index contributed by atoms with van der Waals surface area (Å²) in [5.41, 5.74) is 0. The lowest BCUT2D eigenvalue weighted by Gasteiger charge is -2.34. The van der Waals surface area contributed by atoms with Gasteiger partial charge in [-0.05, 0) is 57.5 Å². The van der Waals surface area contributed by atoms with Crippen molar-refractivity contribution in [3.8, 4) is 0 Å². The second kappa shape index (κ2) is 4.66. The van der Waals surface area contributed by atoms with E-state index in [1.807, 2.05) is 0 Å². The Labute approximate surface area is 99.8 Å². The first kappa shape index (κ1) is 11.0. The molecule has 16 heavy (non-hydrogen) atoms. The molecule has 0 aromatic rings. The van der Waals surface area contributed by atoms with E-state index in [-0.39, 0.29) is 0 Å². The van der Waals surface area contributed by atoms with E-state index < -0.39 is 0 Å². The number of fused-ring (bicyclic) bond motifs is 2. The molecule has 0 aromatic carbocycles. The minimum absolute atomic E-state index is 0.764. The van der Waals surface area contributed by atoms with Crippen LogP contribution >= 0.6 is 0 Å². The molecule has 3 aliphatic rings. The molecule has 0 aromatic heterocycles. The van der Waals surface area contributed by atoms with Gasteiger partial charge in [-0.3, -0.25) is 0 Å². The summed E-state index contributed by atoms with van der Waals surface area (Å²) in [4.78, 5) is 2.64. The molecule has 3 fully saturated rings. The fourth-order valence-electron chi connectivity index (χ4n) is 4.10. The van der Waals surface area contributed by atoms with Gasteiger partial charge in [0, 0.05) is 18.6 Å². The van der Waals surface area contributed by atoms with E-state index in [1.165, 1.54) is 58.2 Å². The average molecular weight is 222 g/mol. The predicted molar refractivity (Wildman–Crippen MR) is 67.5 cm³/mol. The summed E-state index contributed by atoms with van der Waals surface area (Å²) in [6.07, 6.45) is 8.71. The van der Waals surface area contributed by atoms with Crippen molar-refractivity contribution in [1.29, 1.82) is 0 Å². The van der Waals surface area contributed by atoms with E-state index in [1.54, 1.807) is 0 Å². The van der Waals surface area contributed by atoms with Gasteiger partial charge in [0.05, 0.1) is 0 Å². The van der Waals surface area contributed by atoms with Crippen molar-refractivity contribution in [2.24, 2.45) is 11.8 Å². The summed E-state index contributed by atoms with van der Waals surface area (Å²) in [5.74, 6) is 1.93. The Morgan fingerprint density at radius 1 is 1.06 bits per heavy atom. The first-order valence-electron chi connectivity index (χ1n) is 7.31. The maximum Gasteiger partial charge on any atom is 0.0123 e. The topological polar surface area (TPSA) is 15.3 Å². The highest BCUT2D eigenvalue weighted by Crippen LogP contribution is 2.31. The Kier molecular flexibility index (Phi) is 3.21. The van der Waals surface area contributed by atoms with Crippen LogP contribution in [0.15, 0.2) is 0 Å². The summed E-state index contributed by atoms with van der Waals surface area (Å²) in [6, 6.07) is 1.59. The molecule has 1 aliphatic carbocycles. The first-order chi connectivity index (χ1) is 7.83. The monoisotopic (exact) mass is 222 g/mol. The molecule has 2 nitrogen and oxygen atoms in total. The lowest BCUT2D eigenvalue weighted by atomic mass is 9.91. The highest BCUT2D eigenvalue weighted by Gasteiger charge is 2.35. The molecule has 0 spiro atoms. The molecule has 4 atom stereocenters. The van der Waals surface area contributed by atoms with Gasteiger partial charge in [0.1, 0.15) is 0 Å². The van der Waals surface area contributed by atoms with Gasteiger partial charge >= 0.3 is 0 Å². The summed E-state index contributed by atoms with van der Waals surface area (Å²) in [7, 11) is 0. The van der Waals surface area contributed by atoms with Crippen LogP contribution in [0, 0.1) is 11.8 Å². The van der Waals surface area contributed by atoms with Crippen LogP contribution in [-0.4, -0.2) is 36.6 Å². The summed E-state index contributed by atoms with van der Waals surface area (Å²) < 4.78 is 0. The molecule has 3 rings (SSSR count). The van der Waals surface area contributed by atoms with Gasteiger partial charge in [0.2, 0.25) is 0 Å². The molecule has 1 saturated carbocycles. The van der Waals surface area contributed by atoms with Crippen molar-refractivity contribution in [3.05, 3.63) is 0 Å². The molecule has 0 amide bonds. The van der Waals surface area contributed by atoms with Crippen molar-refractivity contribution in [3.63, 3.8) is 0 Å². The molecule has 2 bridgehead atoms. The van der Waals surface area contributed by atoms with Crippen LogP contribution in [0.1, 0.15) is 45.4 Å². The largest absolute Gasteiger partial charge is 0.311 e. The zero-order chi connectivity index (χ0) is 11.0. The minimum Gasteiger partial charge on any atom is -0.311 e. The third-order valence-corrected chi connectivity index (χ3v) is 5.22. The molecule has 0 radical (unpaired) electrons. The van der Waals surface area contributed by atoms with Gasteiger partial charge in [-0.1, -0.05) is 12.8 Å². The van der Waals surface area contributed by atoms with E-state index in [0.717, 1.165) is 23.9 Å². The summed E-state index contributed by atoms with van der Waals surface area (Å²) in [5, 5.41) is 3.96. The van der Waals surface area contributed by atoms with Crippen LogP contribution in [0.2, 0.25) is 0 Å². The fourth-order valence-corrected chi connectivity index (χ4v) is 4.10. The lowest BCUT2D eigenvalue weighted by molar-refractivity contribution is 0.198. The summed E-state index contributed by atoms with van der Waals surface area (Å²) in [6.45, 7) is 6.50. The van der Waals surface area contributed by atoms with E-state index in [9.17, 15) is 0 Å². The number of nitrogens with one attached hydrogen (secondary N) is 1. The molecule has 2 heterocycles. The lowest BCUT2D eigenvalue weighted by Crippen LogP contribution is -2.48. The SMILES string of the molecule is CC(NC1CCN2CCC1C2)C1CCCC1. The summed E-state index contributed by atoms with van der Waals surface area (Å²) >= 11 is 0. The second-order valence-electron chi connectivity index (χ2n) is 6.24. The standard InChI is InChI=1S/C14H26N2/c1-11(12-4-2-3-5-12)15-14-7-9-16-8-6-13(14)10-16/h11-15H,2-10H2,1H3. The number of hydrogen-bond donors (Lipinski definition) is 1. The Morgan fingerprint density at radius 2 is 1.81 bits per heavy atom. The zero-order valence-corrected chi connectivity index (χ0v) is 10.6. The van der Waals surface area contributed by atoms with Crippen LogP contribution in [0.4, 0.5) is 0 Å². The van der Waals surface area contributed by atoms with E-state index in [2.05, 4.69) is 17.1 Å². The average Bonchev–Trinajstić information content (AvgIpc) is 2.93. The first-order valence-corrected chi connectivity index (χ1v) is 7.31. The van der Waals surface area contributed by atoms with Crippen molar-refractivity contribution in [1.82, 2.24) is 10.2 Å². The predicted octanol–water partition coefficient (Wildman–Crippen LogP) is 2.25. The second-order valence-corrected chi connectivity index (χ2v) is 6.24. The molecule has 2 aliphatic heterocycles. The Balaban J connectivity index is 1.53. The third-order valence-electron chi connectivity index (χ3n) is 5.22. The minimum atomic E-state index is 0.764. The van der Waals surface area contributed by atoms with Gasteiger partial charge in [-0.25, -0.2) is 0 Å². The van der Waals surface area contributed by atoms with Crippen molar-refractivity contribution < 1.29 is 0 Å². The van der Waals surface area contributed by atoms with Crippen LogP contribution in [-0.2, 0) is 0 Å². The molecule has 92 valence electrons. The number of nitrogens with zero attached hydrogens (tertiary/aromatic N) is 1. The Morgan fingerprint density at radius 3 is 2.62 bits per heavy atom. The van der Waals surface area contributed by atoms with Gasteiger partial charge in [0.15, 0.2) is 0 Å². The van der Waals surface area contributed by atoms with E-state index in [4.69, 9.17) is 0 Å². The van der Waals surface area contributed by atoms with Crippen molar-refractivity contribution in [2.75, 3.05) is 19.6 Å². The van der Waals surface area contributed by atoms with Crippen LogP contribution < -0.4 is 5.32 Å². The molecular formula is C14H26N2. The zero-order valence-electron chi connectivity index (χ0n) is 10.6. The van der Waals surface area contributed by atoms with Crippen LogP contribution in [0.3, 0.4) is 0 Å². The normalized spacial score (nSPS) is 41.4. The molecule has 2 saturated heterocycles. The van der Waals surface area contributed by atoms with Crippen LogP contribution in [0.25, 0.3) is 0 Å². The van der Waals surface area contributed by atoms with Crippen LogP contribution in [0.5, 0.6) is 0 Å². The smallest absolute Gasteiger partial charge is 0.0123 e. The number of hydrogen-bond acceptors (Lipinski definition) is 2. The molecule has 1 N–H and O–H groups in total. The number of piperidine rings is 1.